The molecule has 2 aliphatic heterocycles. The molecule has 0 aliphatic carbocycles. The normalized spacial score (nSPS) is 18.4. The number of amides is 2. The molecule has 0 aromatic heterocycles. The van der Waals surface area contributed by atoms with Crippen molar-refractivity contribution >= 4 is 17.5 Å². The van der Waals surface area contributed by atoms with Crippen LogP contribution in [0.3, 0.4) is 0 Å². The average Bonchev–Trinajstić information content (AvgIpc) is 3.02. The van der Waals surface area contributed by atoms with Gasteiger partial charge in [0.2, 0.25) is 0 Å². The van der Waals surface area contributed by atoms with Crippen LogP contribution in [0.25, 0.3) is 0 Å². The number of nitrogens with zero attached hydrogens (tertiary/aromatic N) is 2. The van der Waals surface area contributed by atoms with E-state index in [0.717, 1.165) is 18.8 Å². The van der Waals surface area contributed by atoms with Gasteiger partial charge in [0.15, 0.2) is 0 Å². The first kappa shape index (κ1) is 13.2. The van der Waals surface area contributed by atoms with Crippen LogP contribution in [-0.2, 0) is 0 Å². The fourth-order valence-corrected chi connectivity index (χ4v) is 2.98. The van der Waals surface area contributed by atoms with Crippen LogP contribution in [0.5, 0.6) is 0 Å². The molecule has 1 aromatic rings. The molecule has 0 atom stereocenters. The van der Waals surface area contributed by atoms with Crippen molar-refractivity contribution in [2.75, 3.05) is 24.5 Å². The second-order valence-corrected chi connectivity index (χ2v) is 6.04. The Labute approximate surface area is 119 Å². The number of carbonyl (C=O) groups is 2. The van der Waals surface area contributed by atoms with Crippen molar-refractivity contribution in [3.63, 3.8) is 0 Å². The summed E-state index contributed by atoms with van der Waals surface area (Å²) >= 11 is 0. The van der Waals surface area contributed by atoms with E-state index in [4.69, 9.17) is 0 Å². The van der Waals surface area contributed by atoms with Crippen molar-refractivity contribution in [1.29, 1.82) is 0 Å². The lowest BCUT2D eigenvalue weighted by Crippen LogP contribution is -2.33. The molecule has 4 heteroatoms. The Morgan fingerprint density at radius 2 is 1.70 bits per heavy atom. The van der Waals surface area contributed by atoms with Gasteiger partial charge in [0.25, 0.3) is 11.8 Å². The van der Waals surface area contributed by atoms with Crippen molar-refractivity contribution in [2.45, 2.75) is 26.7 Å². The third kappa shape index (κ3) is 2.09. The third-order valence-electron chi connectivity index (χ3n) is 3.97. The van der Waals surface area contributed by atoms with E-state index >= 15 is 0 Å². The van der Waals surface area contributed by atoms with E-state index in [9.17, 15) is 9.59 Å². The Hall–Kier alpha value is -1.84. The Kier molecular flexibility index (Phi) is 3.24. The molecule has 3 rings (SSSR count). The van der Waals surface area contributed by atoms with Gasteiger partial charge in [-0.15, -0.1) is 0 Å². The molecule has 106 valence electrons. The van der Waals surface area contributed by atoms with E-state index in [2.05, 4.69) is 4.90 Å². The van der Waals surface area contributed by atoms with Gasteiger partial charge in [0.05, 0.1) is 11.1 Å². The molecule has 0 spiro atoms. The highest BCUT2D eigenvalue weighted by molar-refractivity contribution is 6.21. The highest BCUT2D eigenvalue weighted by Gasteiger charge is 2.36. The van der Waals surface area contributed by atoms with Crippen LogP contribution >= 0.6 is 0 Å². The van der Waals surface area contributed by atoms with Crippen LogP contribution in [0, 0.1) is 5.92 Å². The number of fused-ring (bicyclic) bond motifs is 1. The van der Waals surface area contributed by atoms with Gasteiger partial charge in [0, 0.05) is 25.3 Å². The summed E-state index contributed by atoms with van der Waals surface area (Å²) in [6.07, 6.45) is 2.40. The molecule has 1 fully saturated rings. The van der Waals surface area contributed by atoms with Crippen molar-refractivity contribution in [2.24, 2.45) is 5.92 Å². The van der Waals surface area contributed by atoms with Crippen molar-refractivity contribution in [3.05, 3.63) is 29.3 Å². The molecule has 0 N–H and O–H groups in total. The molecule has 1 saturated heterocycles. The number of rotatable bonds is 3. The molecule has 0 unspecified atom stereocenters. The zero-order valence-electron chi connectivity index (χ0n) is 12.1. The van der Waals surface area contributed by atoms with E-state index in [1.165, 1.54) is 17.7 Å². The highest BCUT2D eigenvalue weighted by Crippen LogP contribution is 2.29. The lowest BCUT2D eigenvalue weighted by molar-refractivity contribution is 0.0636. The molecule has 2 amide bonds. The molecular formula is C16H20N2O2. The Balaban J connectivity index is 1.92. The van der Waals surface area contributed by atoms with Gasteiger partial charge in [-0.2, -0.15) is 0 Å². The summed E-state index contributed by atoms with van der Waals surface area (Å²) in [7, 11) is 0. The maximum Gasteiger partial charge on any atom is 0.261 e. The monoisotopic (exact) mass is 272 g/mol. The summed E-state index contributed by atoms with van der Waals surface area (Å²) in [5, 5.41) is 0. The molecular weight excluding hydrogens is 252 g/mol. The fourth-order valence-electron chi connectivity index (χ4n) is 2.98. The Bertz CT molecular complexity index is 560. The number of anilines is 1. The second kappa shape index (κ2) is 4.93. The van der Waals surface area contributed by atoms with Gasteiger partial charge in [-0.25, -0.2) is 0 Å². The summed E-state index contributed by atoms with van der Waals surface area (Å²) in [6.45, 7) is 6.59. The zero-order chi connectivity index (χ0) is 14.3. The standard InChI is InChI=1S/C16H20N2O2/c1-11(2)10-18-15(19)13-6-5-12(9-14(13)16(18)20)17-7-3-4-8-17/h5-6,9,11H,3-4,7-8,10H2,1-2H3. The zero-order valence-corrected chi connectivity index (χ0v) is 12.1. The average molecular weight is 272 g/mol. The van der Waals surface area contributed by atoms with Gasteiger partial charge in [0.1, 0.15) is 0 Å². The van der Waals surface area contributed by atoms with Gasteiger partial charge < -0.3 is 4.90 Å². The maximum absolute atomic E-state index is 12.4. The SMILES string of the molecule is CC(C)CN1C(=O)c2ccc(N3CCCC3)cc2C1=O. The Morgan fingerprint density at radius 3 is 2.35 bits per heavy atom. The number of carbonyl (C=O) groups excluding carboxylic acids is 2. The first-order valence-corrected chi connectivity index (χ1v) is 7.33. The minimum atomic E-state index is -0.147. The van der Waals surface area contributed by atoms with Crippen LogP contribution in [0.15, 0.2) is 18.2 Å². The molecule has 20 heavy (non-hydrogen) atoms. The summed E-state index contributed by atoms with van der Waals surface area (Å²) in [5.41, 5.74) is 2.19. The molecule has 4 nitrogen and oxygen atoms in total. The first-order valence-electron chi connectivity index (χ1n) is 7.33. The smallest absolute Gasteiger partial charge is 0.261 e. The van der Waals surface area contributed by atoms with Gasteiger partial charge in [-0.1, -0.05) is 13.8 Å². The molecule has 0 bridgehead atoms. The molecule has 2 heterocycles. The molecule has 1 aromatic carbocycles. The topological polar surface area (TPSA) is 40.6 Å². The summed E-state index contributed by atoms with van der Waals surface area (Å²) in [6, 6.07) is 5.67. The van der Waals surface area contributed by atoms with Crippen molar-refractivity contribution in [3.8, 4) is 0 Å². The van der Waals surface area contributed by atoms with Crippen LogP contribution in [-0.4, -0.2) is 36.3 Å². The molecule has 0 saturated carbocycles. The summed E-state index contributed by atoms with van der Waals surface area (Å²) < 4.78 is 0. The summed E-state index contributed by atoms with van der Waals surface area (Å²) in [5.74, 6) is 0.00156. The predicted molar refractivity (Wildman–Crippen MR) is 78.1 cm³/mol. The van der Waals surface area contributed by atoms with Crippen LogP contribution in [0.2, 0.25) is 0 Å². The maximum atomic E-state index is 12.4. The second-order valence-electron chi connectivity index (χ2n) is 6.04. The van der Waals surface area contributed by atoms with Crippen LogP contribution < -0.4 is 4.90 Å². The van der Waals surface area contributed by atoms with Crippen molar-refractivity contribution in [1.82, 2.24) is 4.90 Å². The minimum Gasteiger partial charge on any atom is -0.372 e. The molecule has 0 radical (unpaired) electrons. The van der Waals surface area contributed by atoms with E-state index in [0.29, 0.717) is 17.7 Å². The number of hydrogen-bond donors (Lipinski definition) is 0. The summed E-state index contributed by atoms with van der Waals surface area (Å²) in [4.78, 5) is 28.3. The van der Waals surface area contributed by atoms with E-state index in [-0.39, 0.29) is 17.7 Å². The lowest BCUT2D eigenvalue weighted by Gasteiger charge is -2.17. The van der Waals surface area contributed by atoms with E-state index in [1.54, 1.807) is 0 Å². The minimum absolute atomic E-state index is 0.139. The Morgan fingerprint density at radius 1 is 1.05 bits per heavy atom. The predicted octanol–water partition coefficient (Wildman–Crippen LogP) is 2.54. The lowest BCUT2D eigenvalue weighted by atomic mass is 10.1. The number of hydrogen-bond acceptors (Lipinski definition) is 3. The van der Waals surface area contributed by atoms with E-state index < -0.39 is 0 Å². The molecule has 2 aliphatic rings. The van der Waals surface area contributed by atoms with Crippen molar-refractivity contribution < 1.29 is 9.59 Å². The highest BCUT2D eigenvalue weighted by atomic mass is 16.2. The van der Waals surface area contributed by atoms with Gasteiger partial charge in [-0.05, 0) is 37.0 Å². The van der Waals surface area contributed by atoms with Gasteiger partial charge in [-0.3, -0.25) is 14.5 Å². The quantitative estimate of drug-likeness (QED) is 0.794. The van der Waals surface area contributed by atoms with Crippen LogP contribution in [0.1, 0.15) is 47.4 Å². The van der Waals surface area contributed by atoms with Crippen LogP contribution in [0.4, 0.5) is 5.69 Å². The van der Waals surface area contributed by atoms with E-state index in [1.807, 2.05) is 32.0 Å². The number of imide groups is 1. The number of benzene rings is 1. The third-order valence-corrected chi connectivity index (χ3v) is 3.97. The van der Waals surface area contributed by atoms with Gasteiger partial charge >= 0.3 is 0 Å². The fraction of sp³-hybridized carbons (Fsp3) is 0.500. The first-order chi connectivity index (χ1) is 9.58. The largest absolute Gasteiger partial charge is 0.372 e.